The zero-order chi connectivity index (χ0) is 52.9. The lowest BCUT2D eigenvalue weighted by atomic mass is 9.99. The van der Waals surface area contributed by atoms with Crippen LogP contribution in [0.15, 0.2) is 24.3 Å². The highest BCUT2D eigenvalue weighted by Crippen LogP contribution is 2.23. The Labute approximate surface area is 451 Å². The number of carbonyl (C=O) groups is 1. The van der Waals surface area contributed by atoms with Crippen LogP contribution in [-0.2, 0) is 14.3 Å². The van der Waals surface area contributed by atoms with Crippen molar-refractivity contribution in [2.75, 3.05) is 13.2 Å². The standard InChI is InChI=1S/C64H123NO8/c1-3-5-7-9-11-13-15-16-17-18-19-20-21-22-23-24-25-26-27-28-29-30-31-32-33-34-35-36-37-38-39-40-41-42-44-46-48-50-52-54-60(68)65-57(56-72-64-63(71)62(70)61(69)59(55-66)73-64)58(67)53-51-49-47-45-43-14-12-10-8-6-4-2/h28-29,51,53,57-59,61-64,66-67,69-71H,3-27,30-50,52,54-56H2,1-2H3,(H,65,68)/b29-28-,53-51+. The third kappa shape index (κ3) is 43.4. The number of aliphatic hydroxyl groups excluding tert-OH is 5. The molecule has 0 aromatic rings. The molecule has 0 bridgehead atoms. The van der Waals surface area contributed by atoms with Crippen molar-refractivity contribution < 1.29 is 39.8 Å². The fourth-order valence-corrected chi connectivity index (χ4v) is 10.4. The topological polar surface area (TPSA) is 149 Å². The van der Waals surface area contributed by atoms with Crippen LogP contribution in [0.5, 0.6) is 0 Å². The van der Waals surface area contributed by atoms with Crippen LogP contribution >= 0.6 is 0 Å². The Kier molecular flexibility index (Phi) is 51.6. The van der Waals surface area contributed by atoms with E-state index < -0.39 is 49.5 Å². The fourth-order valence-electron chi connectivity index (χ4n) is 10.4. The lowest BCUT2D eigenvalue weighted by molar-refractivity contribution is -0.302. The van der Waals surface area contributed by atoms with E-state index in [1.165, 1.54) is 263 Å². The second-order valence-corrected chi connectivity index (χ2v) is 22.6. The third-order valence-corrected chi connectivity index (χ3v) is 15.5. The van der Waals surface area contributed by atoms with Crippen molar-refractivity contribution in [1.29, 1.82) is 0 Å². The molecule has 9 nitrogen and oxygen atoms in total. The zero-order valence-corrected chi connectivity index (χ0v) is 48.2. The highest BCUT2D eigenvalue weighted by atomic mass is 16.7. The van der Waals surface area contributed by atoms with Gasteiger partial charge in [0, 0.05) is 6.42 Å². The van der Waals surface area contributed by atoms with Crippen molar-refractivity contribution in [2.45, 2.75) is 365 Å². The Morgan fingerprint density at radius 1 is 0.452 bits per heavy atom. The van der Waals surface area contributed by atoms with Gasteiger partial charge in [-0.05, 0) is 44.9 Å². The molecule has 0 radical (unpaired) electrons. The average Bonchev–Trinajstić information content (AvgIpc) is 3.39. The Bertz CT molecular complexity index is 1200. The molecular weight excluding hydrogens is 911 g/mol. The summed E-state index contributed by atoms with van der Waals surface area (Å²) in [5.41, 5.74) is 0. The Hall–Kier alpha value is -1.33. The van der Waals surface area contributed by atoms with Crippen molar-refractivity contribution in [1.82, 2.24) is 5.32 Å². The molecule has 0 aromatic carbocycles. The monoisotopic (exact) mass is 1030 g/mol. The number of hydrogen-bond donors (Lipinski definition) is 6. The summed E-state index contributed by atoms with van der Waals surface area (Å²) < 4.78 is 11.2. The van der Waals surface area contributed by atoms with Crippen LogP contribution in [0.3, 0.4) is 0 Å². The SMILES string of the molecule is CCCCCCCCCCC/C=C/C(O)C(COC1OC(CO)C(O)C(O)C1O)NC(=O)CCCCCCCCCCCCCCCCCCC/C=C\CCCCCCCCCCCCCCCCCCCC. The molecule has 0 saturated carbocycles. The van der Waals surface area contributed by atoms with E-state index in [1.807, 2.05) is 6.08 Å². The van der Waals surface area contributed by atoms with Gasteiger partial charge in [-0.3, -0.25) is 4.79 Å². The van der Waals surface area contributed by atoms with Crippen molar-refractivity contribution in [2.24, 2.45) is 0 Å². The molecule has 0 aromatic heterocycles. The van der Waals surface area contributed by atoms with Crippen molar-refractivity contribution >= 4 is 5.91 Å². The number of allylic oxidation sites excluding steroid dienone is 3. The molecule has 0 spiro atoms. The van der Waals surface area contributed by atoms with Gasteiger partial charge in [0.25, 0.3) is 0 Å². The molecule has 1 aliphatic rings. The number of rotatable bonds is 56. The second kappa shape index (κ2) is 54.0. The summed E-state index contributed by atoms with van der Waals surface area (Å²) >= 11 is 0. The number of unbranched alkanes of at least 4 members (excludes halogenated alkanes) is 44. The molecule has 7 unspecified atom stereocenters. The van der Waals surface area contributed by atoms with Gasteiger partial charge < -0.3 is 40.3 Å². The maximum atomic E-state index is 13.0. The first-order chi connectivity index (χ1) is 35.8. The predicted octanol–water partition coefficient (Wildman–Crippen LogP) is 16.5. The Morgan fingerprint density at radius 2 is 0.767 bits per heavy atom. The van der Waals surface area contributed by atoms with Crippen molar-refractivity contribution in [3.05, 3.63) is 24.3 Å². The molecule has 1 amide bonds. The average molecular weight is 1030 g/mol. The highest BCUT2D eigenvalue weighted by molar-refractivity contribution is 5.76. The van der Waals surface area contributed by atoms with Crippen LogP contribution in [0, 0.1) is 0 Å². The van der Waals surface area contributed by atoms with Crippen molar-refractivity contribution in [3.8, 4) is 0 Å². The summed E-state index contributed by atoms with van der Waals surface area (Å²) in [6, 6.07) is -0.801. The van der Waals surface area contributed by atoms with Crippen molar-refractivity contribution in [3.63, 3.8) is 0 Å². The molecule has 73 heavy (non-hydrogen) atoms. The van der Waals surface area contributed by atoms with Gasteiger partial charge in [-0.2, -0.15) is 0 Å². The zero-order valence-electron chi connectivity index (χ0n) is 48.2. The van der Waals surface area contributed by atoms with Gasteiger partial charge in [0.05, 0.1) is 25.4 Å². The summed E-state index contributed by atoms with van der Waals surface area (Å²) in [5.74, 6) is -0.173. The van der Waals surface area contributed by atoms with E-state index in [4.69, 9.17) is 9.47 Å². The molecule has 1 heterocycles. The Morgan fingerprint density at radius 3 is 1.11 bits per heavy atom. The fraction of sp³-hybridized carbons (Fsp3) is 0.922. The summed E-state index contributed by atoms with van der Waals surface area (Å²) in [5, 5.41) is 54.4. The molecule has 7 atom stereocenters. The minimum atomic E-state index is -1.56. The number of aliphatic hydroxyl groups is 5. The molecule has 0 aliphatic carbocycles. The predicted molar refractivity (Wildman–Crippen MR) is 309 cm³/mol. The molecule has 1 rings (SSSR count). The maximum Gasteiger partial charge on any atom is 0.220 e. The summed E-state index contributed by atoms with van der Waals surface area (Å²) in [4.78, 5) is 13.0. The molecule has 432 valence electrons. The number of carbonyl (C=O) groups excluding carboxylic acids is 1. The maximum absolute atomic E-state index is 13.0. The first-order valence-electron chi connectivity index (χ1n) is 32.1. The lowest BCUT2D eigenvalue weighted by Gasteiger charge is -2.40. The summed E-state index contributed by atoms with van der Waals surface area (Å²) in [7, 11) is 0. The van der Waals surface area contributed by atoms with Crippen LogP contribution in [0.1, 0.15) is 322 Å². The summed E-state index contributed by atoms with van der Waals surface area (Å²) in [6.45, 7) is 3.79. The molecule has 9 heteroatoms. The van der Waals surface area contributed by atoms with Crippen LogP contribution in [-0.4, -0.2) is 87.5 Å². The van der Waals surface area contributed by atoms with Gasteiger partial charge in [-0.25, -0.2) is 0 Å². The van der Waals surface area contributed by atoms with E-state index in [0.717, 1.165) is 38.5 Å². The smallest absolute Gasteiger partial charge is 0.220 e. The van der Waals surface area contributed by atoms with E-state index in [0.29, 0.717) is 6.42 Å². The molecule has 1 saturated heterocycles. The third-order valence-electron chi connectivity index (χ3n) is 15.5. The Balaban J connectivity index is 2.00. The number of hydrogen-bond acceptors (Lipinski definition) is 8. The first kappa shape index (κ1) is 69.7. The van der Waals surface area contributed by atoms with E-state index >= 15 is 0 Å². The van der Waals surface area contributed by atoms with Crippen LogP contribution in [0.4, 0.5) is 0 Å². The molecule has 1 fully saturated rings. The molecule has 6 N–H and O–H groups in total. The molecular formula is C64H123NO8. The van der Waals surface area contributed by atoms with E-state index in [1.54, 1.807) is 6.08 Å². The van der Waals surface area contributed by atoms with Crippen LogP contribution in [0.2, 0.25) is 0 Å². The number of nitrogens with one attached hydrogen (secondary N) is 1. The number of ether oxygens (including phenoxy) is 2. The lowest BCUT2D eigenvalue weighted by Crippen LogP contribution is -2.60. The van der Waals surface area contributed by atoms with Gasteiger partial charge in [-0.1, -0.05) is 295 Å². The van der Waals surface area contributed by atoms with Gasteiger partial charge in [0.15, 0.2) is 6.29 Å². The minimum Gasteiger partial charge on any atom is -0.394 e. The first-order valence-corrected chi connectivity index (χ1v) is 32.1. The largest absolute Gasteiger partial charge is 0.394 e. The van der Waals surface area contributed by atoms with Crippen LogP contribution < -0.4 is 5.32 Å². The molecule has 1 aliphatic heterocycles. The van der Waals surface area contributed by atoms with Gasteiger partial charge in [0.2, 0.25) is 5.91 Å². The van der Waals surface area contributed by atoms with E-state index in [2.05, 4.69) is 31.3 Å². The number of amides is 1. The normalized spacial score (nSPS) is 19.1. The highest BCUT2D eigenvalue weighted by Gasteiger charge is 2.44. The minimum absolute atomic E-state index is 0.173. The summed E-state index contributed by atoms with van der Waals surface area (Å²) in [6.07, 6.45) is 63.1. The van der Waals surface area contributed by atoms with Gasteiger partial charge in [0.1, 0.15) is 24.4 Å². The van der Waals surface area contributed by atoms with Gasteiger partial charge in [-0.15, -0.1) is 0 Å². The van der Waals surface area contributed by atoms with E-state index in [9.17, 15) is 30.3 Å². The quantitative estimate of drug-likeness (QED) is 0.0261. The van der Waals surface area contributed by atoms with Crippen LogP contribution in [0.25, 0.3) is 0 Å². The van der Waals surface area contributed by atoms with Gasteiger partial charge >= 0.3 is 0 Å². The van der Waals surface area contributed by atoms with E-state index in [-0.39, 0.29) is 12.5 Å². The second-order valence-electron chi connectivity index (χ2n) is 22.6.